The van der Waals surface area contributed by atoms with Gasteiger partial charge in [0.25, 0.3) is 0 Å². The van der Waals surface area contributed by atoms with Crippen molar-refractivity contribution in [1.82, 2.24) is 9.62 Å². The second-order valence-corrected chi connectivity index (χ2v) is 10.7. The molecule has 0 aliphatic carbocycles. The Morgan fingerprint density at radius 2 is 1.71 bits per heavy atom. The predicted octanol–water partition coefficient (Wildman–Crippen LogP) is 2.59. The molecule has 0 radical (unpaired) electrons. The smallest absolute Gasteiger partial charge is 0.307 e. The highest BCUT2D eigenvalue weighted by Gasteiger charge is 2.34. The van der Waals surface area contributed by atoms with Crippen LogP contribution in [0.4, 0.5) is 0 Å². The normalized spacial score (nSPS) is 17.4. The van der Waals surface area contributed by atoms with Gasteiger partial charge in [0, 0.05) is 25.1 Å². The zero-order valence-corrected chi connectivity index (χ0v) is 20.7. The van der Waals surface area contributed by atoms with Crippen molar-refractivity contribution in [3.63, 3.8) is 0 Å². The molecule has 2 aromatic rings. The van der Waals surface area contributed by atoms with E-state index in [0.717, 1.165) is 11.1 Å². The second kappa shape index (κ2) is 10.7. The highest BCUT2D eigenvalue weighted by molar-refractivity contribution is 7.89. The minimum Gasteiger partial charge on any atom is -0.486 e. The predicted molar refractivity (Wildman–Crippen MR) is 128 cm³/mol. The maximum absolute atomic E-state index is 13.2. The molecule has 10 heteroatoms. The van der Waals surface area contributed by atoms with E-state index in [0.29, 0.717) is 37.6 Å². The Bertz CT molecular complexity index is 1170. The number of carbonyl (C=O) groups excluding carboxylic acids is 2. The summed E-state index contributed by atoms with van der Waals surface area (Å²) in [5.74, 6) is -0.0283. The monoisotopic (exact) mass is 502 g/mol. The third-order valence-electron chi connectivity index (χ3n) is 6.37. The number of methoxy groups -OCH3 is 1. The number of nitrogens with one attached hydrogen (secondary N) is 1. The van der Waals surface area contributed by atoms with Gasteiger partial charge in [-0.25, -0.2) is 8.42 Å². The number of hydrogen-bond acceptors (Lipinski definition) is 7. The third kappa shape index (κ3) is 5.76. The minimum atomic E-state index is -3.73. The van der Waals surface area contributed by atoms with Gasteiger partial charge in [-0.2, -0.15) is 4.31 Å². The van der Waals surface area contributed by atoms with Gasteiger partial charge in [0.1, 0.15) is 13.2 Å². The SMILES string of the molecule is COC(=O)C[C@H](NC(=O)C1CCN(S(=O)(=O)c2ccc3c(c2)OCCO3)CC1)c1ccc(C)cc1. The molecule has 1 saturated heterocycles. The third-order valence-corrected chi connectivity index (χ3v) is 8.27. The Balaban J connectivity index is 1.40. The highest BCUT2D eigenvalue weighted by Crippen LogP contribution is 2.34. The first-order valence-corrected chi connectivity index (χ1v) is 13.1. The van der Waals surface area contributed by atoms with E-state index in [1.54, 1.807) is 6.07 Å². The van der Waals surface area contributed by atoms with Crippen LogP contribution in [0.25, 0.3) is 0 Å². The van der Waals surface area contributed by atoms with Crippen LogP contribution in [-0.2, 0) is 24.3 Å². The van der Waals surface area contributed by atoms with Gasteiger partial charge in [-0.3, -0.25) is 9.59 Å². The first-order valence-electron chi connectivity index (χ1n) is 11.6. The molecule has 35 heavy (non-hydrogen) atoms. The number of carbonyl (C=O) groups is 2. The van der Waals surface area contributed by atoms with Gasteiger partial charge in [0.2, 0.25) is 15.9 Å². The highest BCUT2D eigenvalue weighted by atomic mass is 32.2. The van der Waals surface area contributed by atoms with Crippen LogP contribution >= 0.6 is 0 Å². The summed E-state index contributed by atoms with van der Waals surface area (Å²) < 4.78 is 43.5. The number of rotatable bonds is 7. The van der Waals surface area contributed by atoms with Crippen molar-refractivity contribution in [2.24, 2.45) is 5.92 Å². The molecular formula is C25H30N2O7S. The Kier molecular flexibility index (Phi) is 7.61. The van der Waals surface area contributed by atoms with Crippen LogP contribution in [-0.4, -0.2) is 58.0 Å². The van der Waals surface area contributed by atoms with Crippen LogP contribution in [0.2, 0.25) is 0 Å². The number of ether oxygens (including phenoxy) is 3. The maximum Gasteiger partial charge on any atom is 0.307 e. The quantitative estimate of drug-likeness (QED) is 0.580. The number of benzene rings is 2. The van der Waals surface area contributed by atoms with Crippen molar-refractivity contribution >= 4 is 21.9 Å². The summed E-state index contributed by atoms with van der Waals surface area (Å²) in [5, 5.41) is 2.97. The van der Waals surface area contributed by atoms with Crippen molar-refractivity contribution in [3.05, 3.63) is 53.6 Å². The second-order valence-electron chi connectivity index (χ2n) is 8.74. The van der Waals surface area contributed by atoms with Crippen molar-refractivity contribution in [3.8, 4) is 11.5 Å². The molecule has 188 valence electrons. The Hall–Kier alpha value is -3.11. The average Bonchev–Trinajstić information content (AvgIpc) is 2.88. The molecule has 4 rings (SSSR count). The van der Waals surface area contributed by atoms with Crippen molar-refractivity contribution in [2.45, 2.75) is 37.1 Å². The molecule has 1 N–H and O–H groups in total. The Morgan fingerprint density at radius 3 is 2.37 bits per heavy atom. The van der Waals surface area contributed by atoms with Gasteiger partial charge in [-0.05, 0) is 37.5 Å². The van der Waals surface area contributed by atoms with E-state index in [-0.39, 0.29) is 36.2 Å². The first-order chi connectivity index (χ1) is 16.8. The van der Waals surface area contributed by atoms with E-state index in [1.807, 2.05) is 31.2 Å². The van der Waals surface area contributed by atoms with Crippen LogP contribution in [0.5, 0.6) is 11.5 Å². The van der Waals surface area contributed by atoms with Gasteiger partial charge >= 0.3 is 5.97 Å². The van der Waals surface area contributed by atoms with Crippen LogP contribution < -0.4 is 14.8 Å². The summed E-state index contributed by atoms with van der Waals surface area (Å²) in [5.41, 5.74) is 1.89. The van der Waals surface area contributed by atoms with Crippen molar-refractivity contribution in [2.75, 3.05) is 33.4 Å². The number of amides is 1. The summed E-state index contributed by atoms with van der Waals surface area (Å²) in [6, 6.07) is 11.7. The maximum atomic E-state index is 13.2. The summed E-state index contributed by atoms with van der Waals surface area (Å²) in [4.78, 5) is 25.1. The van der Waals surface area contributed by atoms with Crippen molar-refractivity contribution < 1.29 is 32.2 Å². The van der Waals surface area contributed by atoms with Gasteiger partial charge in [0.05, 0.1) is 24.5 Å². The molecule has 0 bridgehead atoms. The summed E-state index contributed by atoms with van der Waals surface area (Å²) in [6.07, 6.45) is 0.783. The van der Waals surface area contributed by atoms with Crippen LogP contribution in [0.3, 0.4) is 0 Å². The van der Waals surface area contributed by atoms with Crippen molar-refractivity contribution in [1.29, 1.82) is 0 Å². The molecule has 2 aromatic carbocycles. The largest absolute Gasteiger partial charge is 0.486 e. The molecule has 9 nitrogen and oxygen atoms in total. The molecule has 1 amide bonds. The topological polar surface area (TPSA) is 111 Å². The Morgan fingerprint density at radius 1 is 1.06 bits per heavy atom. The lowest BCUT2D eigenvalue weighted by Gasteiger charge is -2.31. The van der Waals surface area contributed by atoms with Crippen LogP contribution in [0.1, 0.15) is 36.4 Å². The summed E-state index contributed by atoms with van der Waals surface area (Å²) in [6.45, 7) is 3.21. The fourth-order valence-electron chi connectivity index (χ4n) is 4.28. The van der Waals surface area contributed by atoms with Crippen LogP contribution in [0, 0.1) is 12.8 Å². The van der Waals surface area contributed by atoms with E-state index >= 15 is 0 Å². The molecule has 0 aromatic heterocycles. The first kappa shape index (κ1) is 25.0. The lowest BCUT2D eigenvalue weighted by atomic mass is 9.95. The molecule has 2 aliphatic heterocycles. The standard InChI is InChI=1S/C25H30N2O7S/c1-17-3-5-18(6-4-17)21(16-24(28)32-2)26-25(29)19-9-11-27(12-10-19)35(30,31)20-7-8-22-23(15-20)34-14-13-33-22/h3-8,15,19,21H,9-14,16H2,1-2H3,(H,26,29)/t21-/m0/s1. The average molecular weight is 503 g/mol. The molecule has 1 atom stereocenters. The van der Waals surface area contributed by atoms with E-state index in [1.165, 1.54) is 23.5 Å². The van der Waals surface area contributed by atoms with E-state index in [9.17, 15) is 18.0 Å². The number of nitrogens with zero attached hydrogens (tertiary/aromatic N) is 1. The zero-order valence-electron chi connectivity index (χ0n) is 19.9. The van der Waals surface area contributed by atoms with Gasteiger partial charge in [0.15, 0.2) is 11.5 Å². The molecule has 2 heterocycles. The molecular weight excluding hydrogens is 472 g/mol. The van der Waals surface area contributed by atoms with E-state index < -0.39 is 22.0 Å². The van der Waals surface area contributed by atoms with E-state index in [4.69, 9.17) is 14.2 Å². The number of sulfonamides is 1. The van der Waals surface area contributed by atoms with Gasteiger partial charge in [-0.15, -0.1) is 0 Å². The fraction of sp³-hybridized carbons (Fsp3) is 0.440. The number of piperidine rings is 1. The molecule has 2 aliphatic rings. The number of esters is 1. The summed E-state index contributed by atoms with van der Waals surface area (Å²) >= 11 is 0. The number of hydrogen-bond donors (Lipinski definition) is 1. The molecule has 0 spiro atoms. The lowest BCUT2D eigenvalue weighted by molar-refractivity contribution is -0.141. The molecule has 0 saturated carbocycles. The van der Waals surface area contributed by atoms with E-state index in [2.05, 4.69) is 5.32 Å². The summed E-state index contributed by atoms with van der Waals surface area (Å²) in [7, 11) is -2.42. The van der Waals surface area contributed by atoms with Gasteiger partial charge < -0.3 is 19.5 Å². The molecule has 0 unspecified atom stereocenters. The lowest BCUT2D eigenvalue weighted by Crippen LogP contribution is -2.44. The Labute approximate surface area is 205 Å². The van der Waals surface area contributed by atoms with Crippen LogP contribution in [0.15, 0.2) is 47.4 Å². The molecule has 1 fully saturated rings. The minimum absolute atomic E-state index is 0.0165. The fourth-order valence-corrected chi connectivity index (χ4v) is 5.77. The zero-order chi connectivity index (χ0) is 25.0. The van der Waals surface area contributed by atoms with Gasteiger partial charge in [-0.1, -0.05) is 29.8 Å². The number of fused-ring (bicyclic) bond motifs is 1. The number of aryl methyl sites for hydroxylation is 1.